The van der Waals surface area contributed by atoms with Crippen molar-refractivity contribution in [3.63, 3.8) is 0 Å². The molecule has 3 nitrogen and oxygen atoms in total. The molecule has 0 amide bonds. The first-order valence-electron chi connectivity index (χ1n) is 5.11. The van der Waals surface area contributed by atoms with E-state index in [-0.39, 0.29) is 0 Å². The van der Waals surface area contributed by atoms with Crippen molar-refractivity contribution < 1.29 is 8.83 Å². The largest absolute Gasteiger partial charge is 0.467 e. The van der Waals surface area contributed by atoms with Gasteiger partial charge in [-0.25, -0.2) is 0 Å². The van der Waals surface area contributed by atoms with Gasteiger partial charge in [0.15, 0.2) is 0 Å². The molecule has 0 atom stereocenters. The molecule has 0 unspecified atom stereocenters. The molecule has 2 rings (SSSR count). The zero-order valence-corrected chi connectivity index (χ0v) is 8.99. The van der Waals surface area contributed by atoms with Crippen LogP contribution in [0.5, 0.6) is 0 Å². The fourth-order valence-corrected chi connectivity index (χ4v) is 1.43. The van der Waals surface area contributed by atoms with E-state index in [0.717, 1.165) is 23.6 Å². The summed E-state index contributed by atoms with van der Waals surface area (Å²) in [6.45, 7) is 4.94. The number of hydrogen-bond acceptors (Lipinski definition) is 3. The van der Waals surface area contributed by atoms with E-state index in [1.54, 1.807) is 12.5 Å². The van der Waals surface area contributed by atoms with Crippen LogP contribution in [0.1, 0.15) is 19.6 Å². The lowest BCUT2D eigenvalue weighted by Gasteiger charge is -2.06. The Morgan fingerprint density at radius 3 is 2.73 bits per heavy atom. The molecule has 2 aromatic heterocycles. The average molecular weight is 205 g/mol. The van der Waals surface area contributed by atoms with Crippen molar-refractivity contribution in [2.75, 3.05) is 0 Å². The third-order valence-corrected chi connectivity index (χ3v) is 2.20. The summed E-state index contributed by atoms with van der Waals surface area (Å²) in [6, 6.07) is 6.18. The molecule has 0 spiro atoms. The summed E-state index contributed by atoms with van der Waals surface area (Å²) in [6.07, 6.45) is 3.36. The van der Waals surface area contributed by atoms with Crippen LogP contribution in [0.2, 0.25) is 0 Å². The molecule has 15 heavy (non-hydrogen) atoms. The number of nitrogens with one attached hydrogen (secondary N) is 1. The Bertz CT molecular complexity index is 401. The summed E-state index contributed by atoms with van der Waals surface area (Å²) in [4.78, 5) is 0. The van der Waals surface area contributed by atoms with Crippen molar-refractivity contribution in [2.24, 2.45) is 0 Å². The Hall–Kier alpha value is -1.48. The van der Waals surface area contributed by atoms with E-state index in [4.69, 9.17) is 8.83 Å². The highest BCUT2D eigenvalue weighted by Gasteiger charge is 2.10. The second-order valence-corrected chi connectivity index (χ2v) is 3.77. The van der Waals surface area contributed by atoms with Crippen LogP contribution in [0.15, 0.2) is 39.6 Å². The van der Waals surface area contributed by atoms with Gasteiger partial charge in [-0.1, -0.05) is 13.8 Å². The van der Waals surface area contributed by atoms with Crippen molar-refractivity contribution in [1.29, 1.82) is 0 Å². The van der Waals surface area contributed by atoms with Gasteiger partial charge in [0.2, 0.25) is 0 Å². The van der Waals surface area contributed by atoms with E-state index >= 15 is 0 Å². The van der Waals surface area contributed by atoms with Crippen LogP contribution in [-0.2, 0) is 6.54 Å². The van der Waals surface area contributed by atoms with Gasteiger partial charge in [-0.2, -0.15) is 0 Å². The molecule has 80 valence electrons. The number of hydrogen-bond donors (Lipinski definition) is 1. The lowest BCUT2D eigenvalue weighted by molar-refractivity contribution is 0.464. The molecular weight excluding hydrogens is 190 g/mol. The fourth-order valence-electron chi connectivity index (χ4n) is 1.43. The summed E-state index contributed by atoms with van der Waals surface area (Å²) < 4.78 is 10.8. The van der Waals surface area contributed by atoms with Gasteiger partial charge in [-0.3, -0.25) is 0 Å². The monoisotopic (exact) mass is 205 g/mol. The summed E-state index contributed by atoms with van der Waals surface area (Å²) in [7, 11) is 0. The third-order valence-electron chi connectivity index (χ3n) is 2.20. The smallest absolute Gasteiger partial charge is 0.137 e. The van der Waals surface area contributed by atoms with Gasteiger partial charge >= 0.3 is 0 Å². The minimum absolute atomic E-state index is 0.444. The highest BCUT2D eigenvalue weighted by molar-refractivity contribution is 5.59. The van der Waals surface area contributed by atoms with Crippen molar-refractivity contribution in [2.45, 2.75) is 26.4 Å². The Balaban J connectivity index is 2.16. The lowest BCUT2D eigenvalue weighted by atomic mass is 10.2. The quantitative estimate of drug-likeness (QED) is 0.833. The zero-order valence-electron chi connectivity index (χ0n) is 8.99. The molecule has 0 radical (unpaired) electrons. The van der Waals surface area contributed by atoms with Crippen LogP contribution >= 0.6 is 0 Å². The Labute approximate surface area is 89.1 Å². The molecule has 0 aliphatic heterocycles. The maximum Gasteiger partial charge on any atom is 0.137 e. The van der Waals surface area contributed by atoms with Crippen molar-refractivity contribution in [1.82, 2.24) is 5.32 Å². The minimum Gasteiger partial charge on any atom is -0.467 e. The SMILES string of the molecule is CC(C)NCc1occc1-c1ccco1. The summed E-state index contributed by atoms with van der Waals surface area (Å²) >= 11 is 0. The van der Waals surface area contributed by atoms with Crippen molar-refractivity contribution >= 4 is 0 Å². The van der Waals surface area contributed by atoms with Crippen LogP contribution in [0.4, 0.5) is 0 Å². The molecule has 2 heterocycles. The maximum atomic E-state index is 5.42. The number of furan rings is 2. The molecule has 0 aromatic carbocycles. The molecule has 0 aliphatic carbocycles. The zero-order chi connectivity index (χ0) is 10.7. The second kappa shape index (κ2) is 4.36. The molecule has 0 aliphatic rings. The van der Waals surface area contributed by atoms with E-state index in [2.05, 4.69) is 19.2 Å². The van der Waals surface area contributed by atoms with Crippen LogP contribution in [0.25, 0.3) is 11.3 Å². The van der Waals surface area contributed by atoms with Gasteiger partial charge in [0, 0.05) is 6.04 Å². The van der Waals surface area contributed by atoms with Crippen LogP contribution in [-0.4, -0.2) is 6.04 Å². The molecule has 3 heteroatoms. The van der Waals surface area contributed by atoms with Gasteiger partial charge in [0.1, 0.15) is 11.5 Å². The van der Waals surface area contributed by atoms with Gasteiger partial charge in [0.05, 0.1) is 24.6 Å². The van der Waals surface area contributed by atoms with Crippen LogP contribution in [0.3, 0.4) is 0 Å². The maximum absolute atomic E-state index is 5.42. The normalized spacial score (nSPS) is 11.1. The standard InChI is InChI=1S/C12H15NO2/c1-9(2)13-8-12-10(5-7-15-12)11-4-3-6-14-11/h3-7,9,13H,8H2,1-2H3. The Morgan fingerprint density at radius 2 is 2.07 bits per heavy atom. The first-order valence-corrected chi connectivity index (χ1v) is 5.11. The predicted octanol–water partition coefficient (Wildman–Crippen LogP) is 3.04. The molecule has 1 N–H and O–H groups in total. The van der Waals surface area contributed by atoms with Crippen molar-refractivity contribution in [3.8, 4) is 11.3 Å². The van der Waals surface area contributed by atoms with E-state index in [1.165, 1.54) is 0 Å². The fraction of sp³-hybridized carbons (Fsp3) is 0.333. The summed E-state index contributed by atoms with van der Waals surface area (Å²) in [5.74, 6) is 1.77. The van der Waals surface area contributed by atoms with E-state index in [1.807, 2.05) is 18.2 Å². The summed E-state index contributed by atoms with van der Waals surface area (Å²) in [5.41, 5.74) is 1.02. The molecule has 2 aromatic rings. The lowest BCUT2D eigenvalue weighted by Crippen LogP contribution is -2.21. The minimum atomic E-state index is 0.444. The van der Waals surface area contributed by atoms with Gasteiger partial charge in [-0.05, 0) is 18.2 Å². The van der Waals surface area contributed by atoms with Crippen molar-refractivity contribution in [3.05, 3.63) is 36.5 Å². The van der Waals surface area contributed by atoms with Gasteiger partial charge in [-0.15, -0.1) is 0 Å². The Morgan fingerprint density at radius 1 is 1.20 bits per heavy atom. The average Bonchev–Trinajstić information content (AvgIpc) is 2.85. The molecular formula is C12H15NO2. The van der Waals surface area contributed by atoms with Gasteiger partial charge < -0.3 is 14.2 Å². The highest BCUT2D eigenvalue weighted by atomic mass is 16.3. The van der Waals surface area contributed by atoms with E-state index in [0.29, 0.717) is 6.04 Å². The number of rotatable bonds is 4. The molecule has 0 saturated carbocycles. The third kappa shape index (κ3) is 2.30. The first kappa shape index (κ1) is 10.1. The first-order chi connectivity index (χ1) is 7.27. The summed E-state index contributed by atoms with van der Waals surface area (Å²) in [5, 5.41) is 3.31. The topological polar surface area (TPSA) is 38.3 Å². The molecule has 0 bridgehead atoms. The molecule has 0 saturated heterocycles. The van der Waals surface area contributed by atoms with E-state index < -0.39 is 0 Å². The van der Waals surface area contributed by atoms with Gasteiger partial charge in [0.25, 0.3) is 0 Å². The highest BCUT2D eigenvalue weighted by Crippen LogP contribution is 2.25. The van der Waals surface area contributed by atoms with E-state index in [9.17, 15) is 0 Å². The second-order valence-electron chi connectivity index (χ2n) is 3.77. The predicted molar refractivity (Wildman–Crippen MR) is 58.4 cm³/mol. The Kier molecular flexibility index (Phi) is 2.92. The molecule has 0 fully saturated rings. The van der Waals surface area contributed by atoms with Crippen LogP contribution in [0, 0.1) is 0 Å². The van der Waals surface area contributed by atoms with Crippen LogP contribution < -0.4 is 5.32 Å².